The first-order valence-corrected chi connectivity index (χ1v) is 8.25. The molecule has 0 aliphatic carbocycles. The fraction of sp³-hybridized carbons (Fsp3) is 0.263. The minimum atomic E-state index is -2.88. The number of rotatable bonds is 6. The minimum Gasteiger partial charge on any atom is -0.435 e. The highest BCUT2D eigenvalue weighted by Crippen LogP contribution is 2.24. The van der Waals surface area contributed by atoms with Crippen molar-refractivity contribution < 1.29 is 23.1 Å². The number of benzene rings is 2. The van der Waals surface area contributed by atoms with Crippen molar-refractivity contribution in [2.75, 3.05) is 16.8 Å². The molecular formula is C19H18F2N2O3. The van der Waals surface area contributed by atoms with Gasteiger partial charge in [-0.2, -0.15) is 8.78 Å². The number of halogens is 2. The number of hydrogen-bond donors (Lipinski definition) is 1. The molecule has 3 rings (SSSR count). The van der Waals surface area contributed by atoms with Gasteiger partial charge in [-0.25, -0.2) is 0 Å². The Morgan fingerprint density at radius 1 is 1.19 bits per heavy atom. The van der Waals surface area contributed by atoms with Gasteiger partial charge in [-0.1, -0.05) is 18.2 Å². The number of amides is 2. The van der Waals surface area contributed by atoms with Gasteiger partial charge in [0.1, 0.15) is 5.75 Å². The highest BCUT2D eigenvalue weighted by molar-refractivity contribution is 5.97. The van der Waals surface area contributed by atoms with E-state index in [0.29, 0.717) is 24.2 Å². The number of carbonyl (C=O) groups is 2. The minimum absolute atomic E-state index is 0.0483. The van der Waals surface area contributed by atoms with E-state index in [1.165, 1.54) is 12.1 Å². The van der Waals surface area contributed by atoms with E-state index < -0.39 is 6.61 Å². The third kappa shape index (κ3) is 4.56. The van der Waals surface area contributed by atoms with Crippen LogP contribution in [0.2, 0.25) is 0 Å². The van der Waals surface area contributed by atoms with Gasteiger partial charge in [-0.15, -0.1) is 0 Å². The van der Waals surface area contributed by atoms with Crippen molar-refractivity contribution in [2.45, 2.75) is 25.9 Å². The molecule has 136 valence electrons. The van der Waals surface area contributed by atoms with Crippen molar-refractivity contribution in [3.05, 3.63) is 54.1 Å². The van der Waals surface area contributed by atoms with E-state index in [4.69, 9.17) is 0 Å². The van der Waals surface area contributed by atoms with Crippen molar-refractivity contribution >= 4 is 23.2 Å². The first-order valence-electron chi connectivity index (χ1n) is 8.25. The second-order valence-electron chi connectivity index (χ2n) is 5.95. The number of nitrogens with zero attached hydrogens (tertiary/aromatic N) is 1. The van der Waals surface area contributed by atoms with E-state index in [1.807, 2.05) is 6.07 Å². The molecule has 0 unspecified atom stereocenters. The predicted molar refractivity (Wildman–Crippen MR) is 93.4 cm³/mol. The van der Waals surface area contributed by atoms with Crippen LogP contribution in [0.5, 0.6) is 5.75 Å². The second-order valence-corrected chi connectivity index (χ2v) is 5.95. The molecule has 1 heterocycles. The average Bonchev–Trinajstić information content (AvgIpc) is 3.02. The van der Waals surface area contributed by atoms with E-state index in [-0.39, 0.29) is 24.0 Å². The molecule has 0 atom stereocenters. The van der Waals surface area contributed by atoms with Crippen LogP contribution in [0, 0.1) is 0 Å². The zero-order chi connectivity index (χ0) is 18.5. The number of anilines is 2. The highest BCUT2D eigenvalue weighted by atomic mass is 19.3. The van der Waals surface area contributed by atoms with Crippen molar-refractivity contribution in [1.29, 1.82) is 0 Å². The Bertz CT molecular complexity index is 794. The molecule has 0 radical (unpaired) electrons. The molecule has 7 heteroatoms. The summed E-state index contributed by atoms with van der Waals surface area (Å²) in [4.78, 5) is 25.7. The summed E-state index contributed by atoms with van der Waals surface area (Å²) in [5.74, 6) is -0.107. The third-order valence-corrected chi connectivity index (χ3v) is 4.03. The molecule has 0 saturated carbocycles. The molecule has 0 aromatic heterocycles. The molecule has 26 heavy (non-hydrogen) atoms. The summed E-state index contributed by atoms with van der Waals surface area (Å²) in [7, 11) is 0. The molecule has 5 nitrogen and oxygen atoms in total. The number of hydrogen-bond acceptors (Lipinski definition) is 3. The van der Waals surface area contributed by atoms with Crippen LogP contribution in [0.15, 0.2) is 48.5 Å². The fourth-order valence-corrected chi connectivity index (χ4v) is 2.85. The van der Waals surface area contributed by atoms with Crippen LogP contribution in [0.25, 0.3) is 0 Å². The van der Waals surface area contributed by atoms with Crippen LogP contribution in [-0.2, 0) is 16.0 Å². The Kier molecular flexibility index (Phi) is 5.46. The Morgan fingerprint density at radius 3 is 2.62 bits per heavy atom. The van der Waals surface area contributed by atoms with Crippen molar-refractivity contribution in [3.63, 3.8) is 0 Å². The SMILES string of the molecule is O=C(Cc1ccc(OC(F)F)cc1)Nc1cccc(N2CCCC2=O)c1. The van der Waals surface area contributed by atoms with E-state index >= 15 is 0 Å². The lowest BCUT2D eigenvalue weighted by atomic mass is 10.1. The van der Waals surface area contributed by atoms with Gasteiger partial charge in [0.05, 0.1) is 6.42 Å². The molecule has 1 aliphatic rings. The van der Waals surface area contributed by atoms with E-state index in [9.17, 15) is 18.4 Å². The quantitative estimate of drug-likeness (QED) is 0.856. The first-order chi connectivity index (χ1) is 12.5. The van der Waals surface area contributed by atoms with Gasteiger partial charge < -0.3 is 15.0 Å². The van der Waals surface area contributed by atoms with Crippen LogP contribution in [0.4, 0.5) is 20.2 Å². The summed E-state index contributed by atoms with van der Waals surface area (Å²) in [6.45, 7) is -2.19. The Balaban J connectivity index is 1.60. The molecule has 0 spiro atoms. The molecule has 1 saturated heterocycles. The van der Waals surface area contributed by atoms with Crippen molar-refractivity contribution in [3.8, 4) is 5.75 Å². The van der Waals surface area contributed by atoms with E-state index in [2.05, 4.69) is 10.1 Å². The largest absolute Gasteiger partial charge is 0.435 e. The maximum absolute atomic E-state index is 12.2. The van der Waals surface area contributed by atoms with Crippen LogP contribution >= 0.6 is 0 Å². The van der Waals surface area contributed by atoms with Crippen LogP contribution in [0.3, 0.4) is 0 Å². The Hall–Kier alpha value is -2.96. The normalized spacial score (nSPS) is 14.0. The van der Waals surface area contributed by atoms with Gasteiger partial charge >= 0.3 is 6.61 Å². The molecule has 1 fully saturated rings. The smallest absolute Gasteiger partial charge is 0.387 e. The van der Waals surface area contributed by atoms with E-state index in [1.54, 1.807) is 35.2 Å². The average molecular weight is 360 g/mol. The lowest BCUT2D eigenvalue weighted by Crippen LogP contribution is -2.23. The third-order valence-electron chi connectivity index (χ3n) is 4.03. The van der Waals surface area contributed by atoms with Gasteiger partial charge in [-0.05, 0) is 42.3 Å². The molecule has 2 aromatic rings. The van der Waals surface area contributed by atoms with Gasteiger partial charge in [-0.3, -0.25) is 9.59 Å². The maximum atomic E-state index is 12.2. The Morgan fingerprint density at radius 2 is 1.96 bits per heavy atom. The monoisotopic (exact) mass is 360 g/mol. The first kappa shape index (κ1) is 17.8. The highest BCUT2D eigenvalue weighted by Gasteiger charge is 2.21. The number of ether oxygens (including phenoxy) is 1. The lowest BCUT2D eigenvalue weighted by Gasteiger charge is -2.16. The van der Waals surface area contributed by atoms with Crippen LogP contribution in [0.1, 0.15) is 18.4 Å². The van der Waals surface area contributed by atoms with E-state index in [0.717, 1.165) is 12.1 Å². The standard InChI is InChI=1S/C19H18F2N2O3/c20-19(21)26-16-8-6-13(7-9-16)11-17(24)22-14-3-1-4-15(12-14)23-10-2-5-18(23)25/h1,3-4,6-9,12,19H,2,5,10-11H2,(H,22,24). The molecular weight excluding hydrogens is 342 g/mol. The summed E-state index contributed by atoms with van der Waals surface area (Å²) in [5, 5.41) is 2.79. The second kappa shape index (κ2) is 7.95. The number of carbonyl (C=O) groups excluding carboxylic acids is 2. The molecule has 2 aromatic carbocycles. The zero-order valence-electron chi connectivity index (χ0n) is 14.0. The topological polar surface area (TPSA) is 58.6 Å². The summed E-state index contributed by atoms with van der Waals surface area (Å²) >= 11 is 0. The summed E-state index contributed by atoms with van der Waals surface area (Å²) in [5.41, 5.74) is 2.04. The fourth-order valence-electron chi connectivity index (χ4n) is 2.85. The zero-order valence-corrected chi connectivity index (χ0v) is 14.0. The summed E-state index contributed by atoms with van der Waals surface area (Å²) in [6.07, 6.45) is 1.48. The lowest BCUT2D eigenvalue weighted by molar-refractivity contribution is -0.117. The number of nitrogens with one attached hydrogen (secondary N) is 1. The van der Waals surface area contributed by atoms with Crippen LogP contribution in [-0.4, -0.2) is 25.0 Å². The number of alkyl halides is 2. The van der Waals surface area contributed by atoms with Gasteiger partial charge in [0, 0.05) is 24.3 Å². The van der Waals surface area contributed by atoms with Crippen molar-refractivity contribution in [1.82, 2.24) is 0 Å². The molecule has 1 aliphatic heterocycles. The van der Waals surface area contributed by atoms with Crippen LogP contribution < -0.4 is 15.0 Å². The summed E-state index contributed by atoms with van der Waals surface area (Å²) < 4.78 is 28.5. The predicted octanol–water partition coefficient (Wildman–Crippen LogP) is 3.60. The van der Waals surface area contributed by atoms with Gasteiger partial charge in [0.25, 0.3) is 0 Å². The molecule has 0 bridgehead atoms. The Labute approximate surface area is 149 Å². The van der Waals surface area contributed by atoms with Gasteiger partial charge in [0.2, 0.25) is 11.8 Å². The molecule has 2 amide bonds. The van der Waals surface area contributed by atoms with Gasteiger partial charge in [0.15, 0.2) is 0 Å². The summed E-state index contributed by atoms with van der Waals surface area (Å²) in [6, 6.07) is 13.1. The maximum Gasteiger partial charge on any atom is 0.387 e. The van der Waals surface area contributed by atoms with Crippen molar-refractivity contribution in [2.24, 2.45) is 0 Å². The molecule has 1 N–H and O–H groups in total.